The Morgan fingerprint density at radius 3 is 2.20 bits per heavy atom. The zero-order chi connectivity index (χ0) is 26.6. The van der Waals surface area contributed by atoms with Gasteiger partial charge in [0.25, 0.3) is 0 Å². The molecule has 0 aliphatic carbocycles. The molecule has 4 aromatic carbocycles. The SMILES string of the molecule is CCCc1cccc(CC)c1[N-]C(c1cccc(-c2[c-]ccc3ccccc23)n1)c1c(C)cc(C)cc1C.[CH3-].[CH3-].[Hf]. The van der Waals surface area contributed by atoms with Crippen LogP contribution in [0.1, 0.15) is 65.4 Å². The van der Waals surface area contributed by atoms with Gasteiger partial charge in [0.05, 0.1) is 0 Å². The van der Waals surface area contributed by atoms with Gasteiger partial charge >= 0.3 is 0 Å². The van der Waals surface area contributed by atoms with E-state index in [1.165, 1.54) is 38.8 Å². The molecule has 0 aliphatic rings. The summed E-state index contributed by atoms with van der Waals surface area (Å²) in [6.07, 6.45) is 3.06. The maximum Gasteiger partial charge on any atom is 0.0196 e. The Kier molecular flexibility index (Phi) is 12.7. The second-order valence-electron chi connectivity index (χ2n) is 10.3. The zero-order valence-electron chi connectivity index (χ0n) is 25.7. The molecule has 3 heteroatoms. The molecule has 1 atom stereocenters. The van der Waals surface area contributed by atoms with Crippen molar-refractivity contribution < 1.29 is 25.8 Å². The molecule has 0 spiro atoms. The van der Waals surface area contributed by atoms with E-state index in [-0.39, 0.29) is 46.7 Å². The van der Waals surface area contributed by atoms with Gasteiger partial charge in [0.1, 0.15) is 0 Å². The standard InChI is InChI=1S/C36H36N2.2CH3.Hf/c1-6-13-29-17-10-15-27(7-2)35(29)38-36(34-25(4)22-24(3)23-26(34)5)33-21-12-20-32(37-33)31-19-11-16-28-14-8-9-18-30(28)31;;;/h8-12,14-18,20-23,36H,6-7,13H2,1-5H3;2*1H3;/q-2;2*-1;. The number of aryl methyl sites for hydroxylation is 5. The first-order valence-corrected chi connectivity index (χ1v) is 13.8. The van der Waals surface area contributed by atoms with Crippen LogP contribution in [0, 0.1) is 41.7 Å². The molecule has 1 heterocycles. The fourth-order valence-electron chi connectivity index (χ4n) is 5.71. The van der Waals surface area contributed by atoms with Crippen LogP contribution in [0.15, 0.2) is 84.9 Å². The predicted molar refractivity (Wildman–Crippen MR) is 174 cm³/mol. The number of para-hydroxylation sites is 1. The monoisotopic (exact) mass is 706 g/mol. The Labute approximate surface area is 267 Å². The minimum absolute atomic E-state index is 0. The van der Waals surface area contributed by atoms with Crippen LogP contribution in [0.2, 0.25) is 0 Å². The van der Waals surface area contributed by atoms with Gasteiger partial charge in [-0.1, -0.05) is 115 Å². The molecule has 1 unspecified atom stereocenters. The molecule has 5 rings (SSSR count). The summed E-state index contributed by atoms with van der Waals surface area (Å²) in [5.74, 6) is 0. The maximum absolute atomic E-state index is 5.56. The van der Waals surface area contributed by atoms with E-state index in [0.717, 1.165) is 47.3 Å². The number of benzene rings is 4. The second-order valence-corrected chi connectivity index (χ2v) is 10.3. The summed E-state index contributed by atoms with van der Waals surface area (Å²) in [5, 5.41) is 7.92. The smallest absolute Gasteiger partial charge is 0.0196 e. The predicted octanol–water partition coefficient (Wildman–Crippen LogP) is 10.8. The van der Waals surface area contributed by atoms with Gasteiger partial charge in [-0.15, -0.1) is 34.8 Å². The van der Waals surface area contributed by atoms with Crippen molar-refractivity contribution in [3.05, 3.63) is 150 Å². The molecule has 5 aromatic rings. The maximum atomic E-state index is 5.56. The van der Waals surface area contributed by atoms with E-state index in [4.69, 9.17) is 10.3 Å². The van der Waals surface area contributed by atoms with E-state index < -0.39 is 0 Å². The summed E-state index contributed by atoms with van der Waals surface area (Å²) >= 11 is 0. The average Bonchev–Trinajstić information content (AvgIpc) is 2.92. The van der Waals surface area contributed by atoms with Gasteiger partial charge in [0.2, 0.25) is 0 Å². The van der Waals surface area contributed by atoms with Gasteiger partial charge in [0, 0.05) is 31.5 Å². The van der Waals surface area contributed by atoms with E-state index in [2.05, 4.69) is 120 Å². The van der Waals surface area contributed by atoms with Crippen molar-refractivity contribution in [2.45, 2.75) is 59.9 Å². The van der Waals surface area contributed by atoms with Crippen LogP contribution in [0.5, 0.6) is 0 Å². The molecular formula is C38H42HfN2-4. The van der Waals surface area contributed by atoms with Crippen molar-refractivity contribution in [2.75, 3.05) is 0 Å². The molecule has 0 amide bonds. The quantitative estimate of drug-likeness (QED) is 0.117. The Bertz CT molecular complexity index is 1560. The van der Waals surface area contributed by atoms with Gasteiger partial charge in [-0.05, 0) is 62.5 Å². The van der Waals surface area contributed by atoms with E-state index in [1.807, 2.05) is 6.07 Å². The van der Waals surface area contributed by atoms with E-state index in [9.17, 15) is 0 Å². The molecule has 0 bridgehead atoms. The van der Waals surface area contributed by atoms with Gasteiger partial charge < -0.3 is 25.2 Å². The third kappa shape index (κ3) is 7.25. The van der Waals surface area contributed by atoms with Gasteiger partial charge in [-0.2, -0.15) is 0 Å². The van der Waals surface area contributed by atoms with Crippen molar-refractivity contribution in [1.29, 1.82) is 0 Å². The molecule has 212 valence electrons. The summed E-state index contributed by atoms with van der Waals surface area (Å²) in [4.78, 5) is 5.28. The first-order valence-electron chi connectivity index (χ1n) is 13.8. The number of pyridine rings is 1. The Hall–Kier alpha value is -3.04. The Morgan fingerprint density at radius 2 is 1.49 bits per heavy atom. The topological polar surface area (TPSA) is 27.0 Å². The molecule has 0 N–H and O–H groups in total. The summed E-state index contributed by atoms with van der Waals surface area (Å²) in [5.41, 5.74) is 11.7. The molecule has 0 fully saturated rings. The van der Waals surface area contributed by atoms with E-state index in [0.29, 0.717) is 0 Å². The molecule has 0 aliphatic heterocycles. The van der Waals surface area contributed by atoms with Crippen LogP contribution >= 0.6 is 0 Å². The minimum atomic E-state index is -0.200. The Morgan fingerprint density at radius 1 is 0.805 bits per heavy atom. The first-order chi connectivity index (χ1) is 18.5. The van der Waals surface area contributed by atoms with Crippen LogP contribution < -0.4 is 0 Å². The fourth-order valence-corrected chi connectivity index (χ4v) is 5.71. The molecule has 1 aromatic heterocycles. The summed E-state index contributed by atoms with van der Waals surface area (Å²) < 4.78 is 0. The largest absolute Gasteiger partial charge is 0.673 e. The zero-order valence-corrected chi connectivity index (χ0v) is 29.3. The first kappa shape index (κ1) is 34.2. The number of rotatable bonds is 8. The van der Waals surface area contributed by atoms with Gasteiger partial charge in [-0.25, -0.2) is 0 Å². The molecule has 41 heavy (non-hydrogen) atoms. The molecule has 0 saturated heterocycles. The normalized spacial score (nSPS) is 11.1. The molecule has 0 saturated carbocycles. The van der Waals surface area contributed by atoms with Crippen molar-refractivity contribution >= 4 is 16.5 Å². The average molecular weight is 705 g/mol. The van der Waals surface area contributed by atoms with Crippen LogP contribution in [0.25, 0.3) is 27.3 Å². The fraction of sp³-hybridized carbons (Fsp3) is 0.237. The number of hydrogen-bond acceptors (Lipinski definition) is 1. The van der Waals surface area contributed by atoms with Crippen LogP contribution in [0.4, 0.5) is 5.69 Å². The van der Waals surface area contributed by atoms with Crippen molar-refractivity contribution in [2.24, 2.45) is 0 Å². The third-order valence-electron chi connectivity index (χ3n) is 7.40. The summed E-state index contributed by atoms with van der Waals surface area (Å²) in [6, 6.07) is 33.3. The minimum Gasteiger partial charge on any atom is -0.673 e. The van der Waals surface area contributed by atoms with Crippen LogP contribution in [-0.4, -0.2) is 4.98 Å². The number of hydrogen-bond donors (Lipinski definition) is 0. The number of aromatic nitrogens is 1. The van der Waals surface area contributed by atoms with Crippen molar-refractivity contribution in [1.82, 2.24) is 4.98 Å². The van der Waals surface area contributed by atoms with E-state index >= 15 is 0 Å². The number of fused-ring (bicyclic) bond motifs is 1. The van der Waals surface area contributed by atoms with Gasteiger partial charge in [-0.3, -0.25) is 0 Å². The third-order valence-corrected chi connectivity index (χ3v) is 7.40. The summed E-state index contributed by atoms with van der Waals surface area (Å²) in [7, 11) is 0. The Balaban J connectivity index is 0.00000196. The van der Waals surface area contributed by atoms with Crippen molar-refractivity contribution in [3.63, 3.8) is 0 Å². The second kappa shape index (κ2) is 15.3. The van der Waals surface area contributed by atoms with Crippen LogP contribution in [0.3, 0.4) is 0 Å². The van der Waals surface area contributed by atoms with Crippen LogP contribution in [-0.2, 0) is 38.7 Å². The van der Waals surface area contributed by atoms with Crippen molar-refractivity contribution in [3.8, 4) is 11.3 Å². The number of nitrogens with zero attached hydrogens (tertiary/aromatic N) is 2. The molecule has 2 nitrogen and oxygen atoms in total. The molecule has 0 radical (unpaired) electrons. The van der Waals surface area contributed by atoms with E-state index in [1.54, 1.807) is 0 Å². The molecular weight excluding hydrogens is 663 g/mol. The van der Waals surface area contributed by atoms with Gasteiger partial charge in [0.15, 0.2) is 0 Å². The summed E-state index contributed by atoms with van der Waals surface area (Å²) in [6.45, 7) is 11.0.